The molecule has 1 aromatic rings. The van der Waals surface area contributed by atoms with E-state index in [0.29, 0.717) is 11.6 Å². The summed E-state index contributed by atoms with van der Waals surface area (Å²) >= 11 is 0. The van der Waals surface area contributed by atoms with Crippen molar-refractivity contribution < 1.29 is 4.79 Å². The van der Waals surface area contributed by atoms with E-state index in [1.165, 1.54) is 0 Å². The van der Waals surface area contributed by atoms with Gasteiger partial charge in [-0.15, -0.1) is 5.10 Å². The van der Waals surface area contributed by atoms with Gasteiger partial charge in [0.15, 0.2) is 5.78 Å². The minimum absolute atomic E-state index is 0.0146. The van der Waals surface area contributed by atoms with Gasteiger partial charge in [0.1, 0.15) is 5.69 Å². The summed E-state index contributed by atoms with van der Waals surface area (Å²) in [6, 6.07) is 0. The Hall–Kier alpha value is -1.19. The number of aromatic nitrogens is 3. The number of carbonyl (C=O) groups excluding carboxylic acids is 1. The van der Waals surface area contributed by atoms with E-state index in [1.807, 2.05) is 13.8 Å². The van der Waals surface area contributed by atoms with Gasteiger partial charge in [-0.05, 0) is 5.92 Å². The number of carbonyl (C=O) groups is 1. The monoisotopic (exact) mass is 195 g/mol. The maximum atomic E-state index is 11.5. The average Bonchev–Trinajstić information content (AvgIpc) is 2.50. The molecule has 0 aliphatic heterocycles. The van der Waals surface area contributed by atoms with Crippen LogP contribution in [0, 0.1) is 11.8 Å². The van der Waals surface area contributed by atoms with Crippen molar-refractivity contribution in [1.29, 1.82) is 0 Å². The summed E-state index contributed by atoms with van der Waals surface area (Å²) in [5.41, 5.74) is 0.473. The van der Waals surface area contributed by atoms with Crippen LogP contribution in [-0.2, 0) is 6.54 Å². The molecule has 0 unspecified atom stereocenters. The quantitative estimate of drug-likeness (QED) is 0.688. The first-order valence-electron chi connectivity index (χ1n) is 4.95. The maximum absolute atomic E-state index is 11.5. The van der Waals surface area contributed by atoms with Crippen LogP contribution in [0.5, 0.6) is 0 Å². The molecule has 0 saturated heterocycles. The molecule has 0 bridgehead atoms. The summed E-state index contributed by atoms with van der Waals surface area (Å²) in [7, 11) is 0. The zero-order valence-corrected chi connectivity index (χ0v) is 9.19. The molecule has 0 aliphatic carbocycles. The van der Waals surface area contributed by atoms with Gasteiger partial charge in [-0.3, -0.25) is 9.48 Å². The fourth-order valence-corrected chi connectivity index (χ4v) is 1.17. The van der Waals surface area contributed by atoms with Gasteiger partial charge in [0.05, 0.1) is 6.20 Å². The molecule has 1 heterocycles. The van der Waals surface area contributed by atoms with Crippen LogP contribution in [0.15, 0.2) is 6.20 Å². The van der Waals surface area contributed by atoms with E-state index >= 15 is 0 Å². The van der Waals surface area contributed by atoms with E-state index in [2.05, 4.69) is 24.2 Å². The van der Waals surface area contributed by atoms with Crippen LogP contribution in [0.25, 0.3) is 0 Å². The van der Waals surface area contributed by atoms with Crippen molar-refractivity contribution in [2.45, 2.75) is 34.2 Å². The molecule has 78 valence electrons. The van der Waals surface area contributed by atoms with Crippen molar-refractivity contribution in [2.75, 3.05) is 0 Å². The predicted octanol–water partition coefficient (Wildman–Crippen LogP) is 1.77. The lowest BCUT2D eigenvalue weighted by Gasteiger charge is -2.02. The maximum Gasteiger partial charge on any atom is 0.187 e. The van der Waals surface area contributed by atoms with Crippen LogP contribution < -0.4 is 0 Å². The lowest BCUT2D eigenvalue weighted by Crippen LogP contribution is -2.08. The highest BCUT2D eigenvalue weighted by Crippen LogP contribution is 2.05. The smallest absolute Gasteiger partial charge is 0.187 e. The summed E-state index contributed by atoms with van der Waals surface area (Å²) in [4.78, 5) is 11.5. The molecular weight excluding hydrogens is 178 g/mol. The van der Waals surface area contributed by atoms with Gasteiger partial charge in [0, 0.05) is 12.5 Å². The highest BCUT2D eigenvalue weighted by Gasteiger charge is 2.14. The van der Waals surface area contributed by atoms with Crippen LogP contribution in [0.3, 0.4) is 0 Å². The highest BCUT2D eigenvalue weighted by molar-refractivity contribution is 5.95. The van der Waals surface area contributed by atoms with E-state index in [-0.39, 0.29) is 11.7 Å². The number of hydrogen-bond acceptors (Lipinski definition) is 3. The number of nitrogens with zero attached hydrogens (tertiary/aromatic N) is 3. The van der Waals surface area contributed by atoms with Crippen molar-refractivity contribution >= 4 is 5.78 Å². The molecule has 0 saturated carbocycles. The molecule has 14 heavy (non-hydrogen) atoms. The van der Waals surface area contributed by atoms with E-state index in [0.717, 1.165) is 6.54 Å². The Balaban J connectivity index is 2.73. The second-order valence-corrected chi connectivity index (χ2v) is 4.24. The highest BCUT2D eigenvalue weighted by atomic mass is 16.1. The minimum Gasteiger partial charge on any atom is -0.292 e. The van der Waals surface area contributed by atoms with Gasteiger partial charge in [0.25, 0.3) is 0 Å². The van der Waals surface area contributed by atoms with Crippen LogP contribution in [0.4, 0.5) is 0 Å². The molecule has 0 atom stereocenters. The molecular formula is C10H17N3O. The summed E-state index contributed by atoms with van der Waals surface area (Å²) in [5.74, 6) is 0.554. The topological polar surface area (TPSA) is 47.8 Å². The Morgan fingerprint density at radius 1 is 1.43 bits per heavy atom. The standard InChI is InChI=1S/C10H17N3O/c1-7(2)5-13-6-9(11-12-13)10(14)8(3)4/h6-8H,5H2,1-4H3. The van der Waals surface area contributed by atoms with E-state index in [9.17, 15) is 4.79 Å². The van der Waals surface area contributed by atoms with Crippen molar-refractivity contribution in [1.82, 2.24) is 15.0 Å². The number of ketones is 1. The van der Waals surface area contributed by atoms with Gasteiger partial charge in [-0.1, -0.05) is 32.9 Å². The van der Waals surface area contributed by atoms with E-state index in [1.54, 1.807) is 10.9 Å². The Morgan fingerprint density at radius 2 is 2.07 bits per heavy atom. The summed E-state index contributed by atoms with van der Waals surface area (Å²) in [6.45, 7) is 8.74. The first-order chi connectivity index (χ1) is 6.50. The second kappa shape index (κ2) is 4.35. The van der Waals surface area contributed by atoms with Crippen LogP contribution in [0.2, 0.25) is 0 Å². The summed E-state index contributed by atoms with van der Waals surface area (Å²) in [5, 5.41) is 7.76. The summed E-state index contributed by atoms with van der Waals surface area (Å²) in [6.07, 6.45) is 1.72. The Bertz CT molecular complexity index is 315. The Kier molecular flexibility index (Phi) is 3.38. The number of rotatable bonds is 4. The van der Waals surface area contributed by atoms with E-state index in [4.69, 9.17) is 0 Å². The molecule has 0 spiro atoms. The number of Topliss-reactive ketones (excluding diaryl/α,β-unsaturated/α-hetero) is 1. The third-order valence-corrected chi connectivity index (χ3v) is 1.87. The van der Waals surface area contributed by atoms with Gasteiger partial charge in [-0.2, -0.15) is 0 Å². The van der Waals surface area contributed by atoms with Crippen molar-refractivity contribution in [3.05, 3.63) is 11.9 Å². The molecule has 4 nitrogen and oxygen atoms in total. The zero-order valence-electron chi connectivity index (χ0n) is 9.19. The fourth-order valence-electron chi connectivity index (χ4n) is 1.17. The first-order valence-corrected chi connectivity index (χ1v) is 4.95. The van der Waals surface area contributed by atoms with Crippen LogP contribution >= 0.6 is 0 Å². The van der Waals surface area contributed by atoms with Gasteiger partial charge in [-0.25, -0.2) is 0 Å². The predicted molar refractivity (Wildman–Crippen MR) is 54.0 cm³/mol. The molecule has 0 aliphatic rings. The largest absolute Gasteiger partial charge is 0.292 e. The van der Waals surface area contributed by atoms with Crippen molar-refractivity contribution in [2.24, 2.45) is 11.8 Å². The summed E-state index contributed by atoms with van der Waals surface area (Å²) < 4.78 is 1.72. The second-order valence-electron chi connectivity index (χ2n) is 4.24. The third-order valence-electron chi connectivity index (χ3n) is 1.87. The normalized spacial score (nSPS) is 11.3. The van der Waals surface area contributed by atoms with Gasteiger partial charge >= 0.3 is 0 Å². The van der Waals surface area contributed by atoms with Gasteiger partial charge < -0.3 is 0 Å². The molecule has 1 aromatic heterocycles. The van der Waals surface area contributed by atoms with Crippen LogP contribution in [-0.4, -0.2) is 20.8 Å². The molecule has 0 fully saturated rings. The molecule has 0 N–H and O–H groups in total. The van der Waals surface area contributed by atoms with Crippen LogP contribution in [0.1, 0.15) is 38.2 Å². The lowest BCUT2D eigenvalue weighted by atomic mass is 10.1. The molecule has 4 heteroatoms. The fraction of sp³-hybridized carbons (Fsp3) is 0.700. The molecule has 0 aromatic carbocycles. The van der Waals surface area contributed by atoms with Crippen molar-refractivity contribution in [3.63, 3.8) is 0 Å². The third kappa shape index (κ3) is 2.65. The molecule has 1 rings (SSSR count). The molecule has 0 amide bonds. The van der Waals surface area contributed by atoms with Crippen molar-refractivity contribution in [3.8, 4) is 0 Å². The lowest BCUT2D eigenvalue weighted by molar-refractivity contribution is 0.0934. The minimum atomic E-state index is -0.0146. The van der Waals surface area contributed by atoms with E-state index < -0.39 is 0 Å². The zero-order chi connectivity index (χ0) is 10.7. The SMILES string of the molecule is CC(C)Cn1cc(C(=O)C(C)C)nn1. The van der Waals surface area contributed by atoms with Gasteiger partial charge in [0.2, 0.25) is 0 Å². The molecule has 0 radical (unpaired) electrons. The average molecular weight is 195 g/mol. The number of hydrogen-bond donors (Lipinski definition) is 0. The Labute approximate surface area is 84.3 Å². The Morgan fingerprint density at radius 3 is 2.57 bits per heavy atom. The first kappa shape index (κ1) is 10.9.